The van der Waals surface area contributed by atoms with Crippen molar-refractivity contribution in [3.05, 3.63) is 206 Å². The average molecular weight is 700 g/mol. The summed E-state index contributed by atoms with van der Waals surface area (Å²) in [4.78, 5) is 2.48. The van der Waals surface area contributed by atoms with Crippen molar-refractivity contribution in [2.75, 3.05) is 4.90 Å². The van der Waals surface area contributed by atoms with Gasteiger partial charge in [-0.15, -0.1) is 0 Å². The highest BCUT2D eigenvalue weighted by atomic mass is 16.5. The monoisotopic (exact) mass is 699 g/mol. The van der Waals surface area contributed by atoms with Crippen LogP contribution in [-0.2, 0) is 0 Å². The van der Waals surface area contributed by atoms with E-state index in [1.807, 2.05) is 0 Å². The molecule has 3 heteroatoms. The molecule has 55 heavy (non-hydrogen) atoms. The van der Waals surface area contributed by atoms with Crippen molar-refractivity contribution in [1.29, 1.82) is 0 Å². The molecule has 2 nitrogen and oxygen atoms in total. The van der Waals surface area contributed by atoms with Gasteiger partial charge in [-0.1, -0.05) is 164 Å². The molecule has 0 N–H and O–H groups in total. The van der Waals surface area contributed by atoms with E-state index in [0.717, 1.165) is 22.9 Å². The lowest BCUT2D eigenvalue weighted by molar-refractivity contribution is 0.487. The molecule has 0 amide bonds. The van der Waals surface area contributed by atoms with Crippen molar-refractivity contribution in [2.45, 2.75) is 0 Å². The molecule has 2 heterocycles. The summed E-state index contributed by atoms with van der Waals surface area (Å²) in [6, 6.07) is 74.7. The predicted molar refractivity (Wildman–Crippen MR) is 232 cm³/mol. The largest absolute Gasteiger partial charge is 0.458 e. The van der Waals surface area contributed by atoms with Crippen molar-refractivity contribution >= 4 is 50.9 Å². The van der Waals surface area contributed by atoms with E-state index in [9.17, 15) is 0 Å². The molecule has 0 saturated carbocycles. The minimum absolute atomic E-state index is 0.0266. The van der Waals surface area contributed by atoms with Gasteiger partial charge in [0.25, 0.3) is 6.71 Å². The number of nitrogens with zero attached hydrogens (tertiary/aromatic N) is 1. The Balaban J connectivity index is 1.18. The first-order valence-corrected chi connectivity index (χ1v) is 19.0. The summed E-state index contributed by atoms with van der Waals surface area (Å²) in [5.74, 6) is 1.80. The van der Waals surface area contributed by atoms with E-state index in [-0.39, 0.29) is 6.71 Å². The maximum absolute atomic E-state index is 6.84. The smallest absolute Gasteiger partial charge is 0.256 e. The van der Waals surface area contributed by atoms with Gasteiger partial charge in [-0.25, -0.2) is 0 Å². The molecule has 0 radical (unpaired) electrons. The molecular formula is C52H34BNO. The minimum Gasteiger partial charge on any atom is -0.458 e. The molecule has 0 bridgehead atoms. The van der Waals surface area contributed by atoms with Gasteiger partial charge in [-0.2, -0.15) is 0 Å². The Morgan fingerprint density at radius 1 is 0.327 bits per heavy atom. The van der Waals surface area contributed by atoms with Gasteiger partial charge in [-0.3, -0.25) is 0 Å². The summed E-state index contributed by atoms with van der Waals surface area (Å²) in [7, 11) is 0. The van der Waals surface area contributed by atoms with Crippen LogP contribution in [0.4, 0.5) is 17.1 Å². The Labute approximate surface area is 321 Å². The minimum atomic E-state index is -0.0266. The van der Waals surface area contributed by atoms with E-state index < -0.39 is 0 Å². The van der Waals surface area contributed by atoms with E-state index in [1.54, 1.807) is 0 Å². The molecule has 0 unspecified atom stereocenters. The van der Waals surface area contributed by atoms with Crippen molar-refractivity contribution in [2.24, 2.45) is 0 Å². The van der Waals surface area contributed by atoms with Crippen LogP contribution in [0.15, 0.2) is 206 Å². The first-order valence-electron chi connectivity index (χ1n) is 19.0. The van der Waals surface area contributed by atoms with E-state index in [2.05, 4.69) is 211 Å². The zero-order chi connectivity index (χ0) is 36.3. The molecule has 2 aliphatic rings. The Morgan fingerprint density at radius 3 is 1.58 bits per heavy atom. The molecule has 9 aromatic rings. The SMILES string of the molecule is c1ccc(-c2ccc3c(c2)B2c4cc(-c5ccccc5)ccc4N(c4ccc(-c5ccccc5)cc4-c4ccc5ccccc5c4)c4cccc(c42)O3)cc1. The molecule has 0 spiro atoms. The van der Waals surface area contributed by atoms with Crippen LogP contribution >= 0.6 is 0 Å². The Morgan fingerprint density at radius 2 is 0.891 bits per heavy atom. The van der Waals surface area contributed by atoms with Crippen molar-refractivity contribution < 1.29 is 4.74 Å². The van der Waals surface area contributed by atoms with E-state index in [1.165, 1.54) is 77.4 Å². The molecular weight excluding hydrogens is 665 g/mol. The van der Waals surface area contributed by atoms with Crippen LogP contribution < -0.4 is 26.0 Å². The summed E-state index contributed by atoms with van der Waals surface area (Å²) in [6.45, 7) is -0.0266. The highest BCUT2D eigenvalue weighted by Gasteiger charge is 2.42. The lowest BCUT2D eigenvalue weighted by Crippen LogP contribution is -2.59. The van der Waals surface area contributed by atoms with E-state index in [0.29, 0.717) is 0 Å². The fourth-order valence-corrected chi connectivity index (χ4v) is 8.70. The lowest BCUT2D eigenvalue weighted by Gasteiger charge is -2.41. The molecule has 0 aliphatic carbocycles. The maximum atomic E-state index is 6.84. The second-order valence-corrected chi connectivity index (χ2v) is 14.5. The number of benzene rings is 9. The molecule has 0 atom stereocenters. The van der Waals surface area contributed by atoms with Crippen molar-refractivity contribution in [3.8, 4) is 56.0 Å². The molecule has 2 aliphatic heterocycles. The Bertz CT molecular complexity index is 2900. The van der Waals surface area contributed by atoms with E-state index >= 15 is 0 Å². The number of anilines is 3. The van der Waals surface area contributed by atoms with E-state index in [4.69, 9.17) is 4.74 Å². The normalized spacial score (nSPS) is 12.4. The third kappa shape index (κ3) is 5.27. The van der Waals surface area contributed by atoms with Crippen LogP contribution in [0.25, 0.3) is 55.3 Å². The molecule has 256 valence electrons. The highest BCUT2D eigenvalue weighted by molar-refractivity contribution is 6.99. The number of hydrogen-bond acceptors (Lipinski definition) is 2. The number of rotatable bonds is 5. The summed E-state index contributed by atoms with van der Waals surface area (Å²) >= 11 is 0. The molecule has 11 rings (SSSR count). The van der Waals surface area contributed by atoms with Crippen LogP contribution in [0.3, 0.4) is 0 Å². The zero-order valence-electron chi connectivity index (χ0n) is 30.1. The van der Waals surface area contributed by atoms with Crippen molar-refractivity contribution in [1.82, 2.24) is 0 Å². The van der Waals surface area contributed by atoms with Gasteiger partial charge in [0.2, 0.25) is 0 Å². The summed E-state index contributed by atoms with van der Waals surface area (Å²) in [6.07, 6.45) is 0. The van der Waals surface area contributed by atoms with Gasteiger partial charge in [0.1, 0.15) is 11.5 Å². The predicted octanol–water partition coefficient (Wildman–Crippen LogP) is 11.9. The van der Waals surface area contributed by atoms with Gasteiger partial charge in [-0.05, 0) is 109 Å². The molecule has 0 aromatic heterocycles. The van der Waals surface area contributed by atoms with Gasteiger partial charge in [0.15, 0.2) is 0 Å². The second-order valence-electron chi connectivity index (χ2n) is 14.5. The Kier molecular flexibility index (Phi) is 7.31. The maximum Gasteiger partial charge on any atom is 0.256 e. The van der Waals surface area contributed by atoms with Crippen LogP contribution in [0.5, 0.6) is 11.5 Å². The molecule has 0 fully saturated rings. The fourth-order valence-electron chi connectivity index (χ4n) is 8.70. The zero-order valence-corrected chi connectivity index (χ0v) is 30.1. The summed E-state index contributed by atoms with van der Waals surface area (Å²) in [5.41, 5.74) is 16.5. The average Bonchev–Trinajstić information content (AvgIpc) is 3.26. The summed E-state index contributed by atoms with van der Waals surface area (Å²) < 4.78 is 6.84. The van der Waals surface area contributed by atoms with Crippen LogP contribution in [-0.4, -0.2) is 6.71 Å². The fraction of sp³-hybridized carbons (Fsp3) is 0. The highest BCUT2D eigenvalue weighted by Crippen LogP contribution is 2.46. The standard InChI is InChI=1S/C52H34BNO/c1-4-13-35(14-5-1)40-25-28-47(44(32-40)43-24-23-38-19-10-11-20-39(38)31-43)54-48-29-26-41(36-15-6-2-7-16-36)33-45(48)53-46-34-42(37-17-8-3-9-18-37)27-30-50(46)55-51-22-12-21-49(54)52(51)53/h1-34H. The third-order valence-corrected chi connectivity index (χ3v) is 11.3. The topological polar surface area (TPSA) is 12.5 Å². The first kappa shape index (κ1) is 31.4. The van der Waals surface area contributed by atoms with Crippen LogP contribution in [0.1, 0.15) is 0 Å². The molecule has 0 saturated heterocycles. The number of fused-ring (bicyclic) bond motifs is 5. The van der Waals surface area contributed by atoms with Gasteiger partial charge in [0.05, 0.1) is 5.69 Å². The van der Waals surface area contributed by atoms with Gasteiger partial charge in [0, 0.05) is 16.9 Å². The third-order valence-electron chi connectivity index (χ3n) is 11.3. The Hall–Kier alpha value is -7.10. The van der Waals surface area contributed by atoms with Gasteiger partial charge < -0.3 is 9.64 Å². The number of ether oxygens (including phenoxy) is 1. The number of hydrogen-bond donors (Lipinski definition) is 0. The van der Waals surface area contributed by atoms with Crippen LogP contribution in [0.2, 0.25) is 0 Å². The quantitative estimate of drug-likeness (QED) is 0.166. The second kappa shape index (κ2) is 12.8. The van der Waals surface area contributed by atoms with Crippen molar-refractivity contribution in [3.63, 3.8) is 0 Å². The first-order chi connectivity index (χ1) is 27.3. The lowest BCUT2D eigenvalue weighted by atomic mass is 9.34. The van der Waals surface area contributed by atoms with Crippen LogP contribution in [0, 0.1) is 0 Å². The summed E-state index contributed by atoms with van der Waals surface area (Å²) in [5, 5.41) is 2.45. The van der Waals surface area contributed by atoms with Gasteiger partial charge >= 0.3 is 0 Å². The molecule has 9 aromatic carbocycles.